The van der Waals surface area contributed by atoms with Gasteiger partial charge < -0.3 is 14.6 Å². The molecule has 0 aliphatic rings. The number of carboxylic acid groups (broad SMARTS) is 1. The van der Waals surface area contributed by atoms with Crippen LogP contribution in [0.3, 0.4) is 0 Å². The fourth-order valence-corrected chi connectivity index (χ4v) is 1.71. The number of para-hydroxylation sites is 2. The molecular weight excluding hydrogens is 272 g/mol. The first kappa shape index (κ1) is 14.6. The van der Waals surface area contributed by atoms with Crippen LogP contribution < -0.4 is 14.9 Å². The minimum Gasteiger partial charge on any atom is -0.493 e. The fraction of sp³-hybridized carbons (Fsp3) is 0.125. The zero-order valence-corrected chi connectivity index (χ0v) is 11.4. The number of rotatable bonds is 4. The van der Waals surface area contributed by atoms with E-state index in [-0.39, 0.29) is 12.0 Å². The first-order chi connectivity index (χ1) is 10.1. The Kier molecular flexibility index (Phi) is 4.56. The van der Waals surface area contributed by atoms with Gasteiger partial charge in [0.15, 0.2) is 23.5 Å². The van der Waals surface area contributed by atoms with Gasteiger partial charge in [-0.05, 0) is 12.1 Å². The molecule has 0 spiro atoms. The maximum Gasteiger partial charge on any atom is 0.341 e. The van der Waals surface area contributed by atoms with E-state index in [2.05, 4.69) is 0 Å². The maximum atomic E-state index is 10.5. The van der Waals surface area contributed by atoms with Crippen molar-refractivity contribution in [2.45, 2.75) is 0 Å². The second kappa shape index (κ2) is 6.56. The SMILES string of the molecule is COc1ccccc1OCC(=O)O.O=c1c2ccccc12. The highest BCUT2D eigenvalue weighted by atomic mass is 16.5. The first-order valence-corrected chi connectivity index (χ1v) is 6.25. The van der Waals surface area contributed by atoms with Gasteiger partial charge in [-0.3, -0.25) is 4.79 Å². The highest BCUT2D eigenvalue weighted by Gasteiger charge is 2.07. The maximum absolute atomic E-state index is 10.5. The molecule has 108 valence electrons. The summed E-state index contributed by atoms with van der Waals surface area (Å²) in [5.41, 5.74) is 0.218. The number of fused-ring (bicyclic) bond motifs is 1. The van der Waals surface area contributed by atoms with Gasteiger partial charge in [-0.1, -0.05) is 36.4 Å². The second-order valence-electron chi connectivity index (χ2n) is 4.21. The molecule has 0 saturated heterocycles. The lowest BCUT2D eigenvalue weighted by Gasteiger charge is -2.07. The lowest BCUT2D eigenvalue weighted by Crippen LogP contribution is -2.09. The van der Waals surface area contributed by atoms with Crippen molar-refractivity contribution in [1.29, 1.82) is 0 Å². The van der Waals surface area contributed by atoms with Crippen LogP contribution in [-0.2, 0) is 4.79 Å². The van der Waals surface area contributed by atoms with E-state index in [1.165, 1.54) is 7.11 Å². The molecule has 0 amide bonds. The monoisotopic (exact) mass is 286 g/mol. The fourth-order valence-electron chi connectivity index (χ4n) is 1.71. The zero-order chi connectivity index (χ0) is 15.2. The number of ether oxygens (including phenoxy) is 2. The molecule has 0 unspecified atom stereocenters. The number of methoxy groups -OCH3 is 1. The molecule has 0 radical (unpaired) electrons. The largest absolute Gasteiger partial charge is 0.493 e. The van der Waals surface area contributed by atoms with Crippen molar-refractivity contribution >= 4 is 16.7 Å². The Balaban J connectivity index is 0.000000170. The molecule has 3 aromatic rings. The van der Waals surface area contributed by atoms with Crippen LogP contribution in [0, 0.1) is 0 Å². The summed E-state index contributed by atoms with van der Waals surface area (Å²) in [4.78, 5) is 20.7. The average Bonchev–Trinajstić information content (AvgIpc) is 3.17. The van der Waals surface area contributed by atoms with Crippen molar-refractivity contribution in [1.82, 2.24) is 0 Å². The highest BCUT2D eigenvalue weighted by molar-refractivity contribution is 5.97. The Hall–Kier alpha value is -2.82. The third-order valence-electron chi connectivity index (χ3n) is 2.77. The molecule has 3 rings (SSSR count). The smallest absolute Gasteiger partial charge is 0.341 e. The van der Waals surface area contributed by atoms with Crippen LogP contribution in [0.5, 0.6) is 11.5 Å². The highest BCUT2D eigenvalue weighted by Crippen LogP contribution is 2.25. The molecule has 0 fully saturated rings. The Labute approximate surface area is 121 Å². The number of benzene rings is 2. The molecule has 0 saturated carbocycles. The van der Waals surface area contributed by atoms with E-state index < -0.39 is 5.97 Å². The van der Waals surface area contributed by atoms with Crippen LogP contribution in [-0.4, -0.2) is 24.8 Å². The van der Waals surface area contributed by atoms with Crippen LogP contribution in [0.25, 0.3) is 10.8 Å². The summed E-state index contributed by atoms with van der Waals surface area (Å²) in [6, 6.07) is 14.3. The molecule has 0 aromatic heterocycles. The van der Waals surface area contributed by atoms with Gasteiger partial charge in [0.2, 0.25) is 0 Å². The minimum atomic E-state index is -1.01. The quantitative estimate of drug-likeness (QED) is 0.796. The van der Waals surface area contributed by atoms with Gasteiger partial charge in [0.1, 0.15) is 0 Å². The summed E-state index contributed by atoms with van der Waals surface area (Å²) < 4.78 is 9.92. The normalized spacial score (nSPS) is 9.95. The molecule has 0 aliphatic carbocycles. The predicted octanol–water partition coefficient (Wildman–Crippen LogP) is 2.23. The summed E-state index contributed by atoms with van der Waals surface area (Å²) in [5.74, 6) is -0.0398. The Bertz CT molecular complexity index is 722. The number of carbonyl (C=O) groups is 1. The lowest BCUT2D eigenvalue weighted by atomic mass is 10.3. The Morgan fingerprint density at radius 2 is 1.52 bits per heavy atom. The van der Waals surface area contributed by atoms with Crippen molar-refractivity contribution in [2.24, 2.45) is 0 Å². The van der Waals surface area contributed by atoms with E-state index in [9.17, 15) is 9.59 Å². The Morgan fingerprint density at radius 3 is 2.00 bits per heavy atom. The van der Waals surface area contributed by atoms with E-state index in [0.29, 0.717) is 11.5 Å². The minimum absolute atomic E-state index is 0.218. The molecule has 3 aromatic carbocycles. The van der Waals surface area contributed by atoms with E-state index in [0.717, 1.165) is 10.8 Å². The predicted molar refractivity (Wildman–Crippen MR) is 78.7 cm³/mol. The van der Waals surface area contributed by atoms with Gasteiger partial charge in [-0.25, -0.2) is 4.79 Å². The molecule has 21 heavy (non-hydrogen) atoms. The van der Waals surface area contributed by atoms with E-state index in [1.54, 1.807) is 24.3 Å². The lowest BCUT2D eigenvalue weighted by molar-refractivity contribution is -0.139. The summed E-state index contributed by atoms with van der Waals surface area (Å²) >= 11 is 0. The van der Waals surface area contributed by atoms with Crippen LogP contribution in [0.4, 0.5) is 0 Å². The van der Waals surface area contributed by atoms with Gasteiger partial charge in [-0.2, -0.15) is 0 Å². The third-order valence-corrected chi connectivity index (χ3v) is 2.77. The van der Waals surface area contributed by atoms with Crippen molar-refractivity contribution in [2.75, 3.05) is 13.7 Å². The van der Waals surface area contributed by atoms with Crippen LogP contribution in [0.1, 0.15) is 0 Å². The zero-order valence-electron chi connectivity index (χ0n) is 11.4. The number of carboxylic acids is 1. The number of hydrogen-bond donors (Lipinski definition) is 1. The molecular formula is C16H14O5. The van der Waals surface area contributed by atoms with Crippen LogP contribution in [0.2, 0.25) is 0 Å². The van der Waals surface area contributed by atoms with Crippen LogP contribution in [0.15, 0.2) is 53.3 Å². The van der Waals surface area contributed by atoms with Gasteiger partial charge >= 0.3 is 5.97 Å². The summed E-state index contributed by atoms with van der Waals surface area (Å²) in [7, 11) is 1.50. The molecule has 1 N–H and O–H groups in total. The van der Waals surface area contributed by atoms with Gasteiger partial charge in [0.05, 0.1) is 7.11 Å². The second-order valence-corrected chi connectivity index (χ2v) is 4.21. The molecule has 5 heteroatoms. The van der Waals surface area contributed by atoms with Crippen molar-refractivity contribution < 1.29 is 19.4 Å². The Morgan fingerprint density at radius 1 is 1.00 bits per heavy atom. The standard InChI is InChI=1S/C9H10O4.C7H4O/c1-12-7-4-2-3-5-8(7)13-6-9(10)11;8-7-5-3-1-2-4-6(5)7/h2-5H,6H2,1H3,(H,10,11);1-4H. The average molecular weight is 286 g/mol. The molecule has 0 atom stereocenters. The van der Waals surface area contributed by atoms with Crippen molar-refractivity contribution in [3.63, 3.8) is 0 Å². The molecule has 0 bridgehead atoms. The number of hydrogen-bond acceptors (Lipinski definition) is 4. The molecule has 0 aliphatic heterocycles. The van der Waals surface area contributed by atoms with Gasteiger partial charge in [0.25, 0.3) is 0 Å². The van der Waals surface area contributed by atoms with E-state index >= 15 is 0 Å². The molecule has 5 nitrogen and oxygen atoms in total. The first-order valence-electron chi connectivity index (χ1n) is 6.25. The van der Waals surface area contributed by atoms with Crippen LogP contribution >= 0.6 is 0 Å². The summed E-state index contributed by atoms with van der Waals surface area (Å²) in [5, 5.41) is 10.2. The summed E-state index contributed by atoms with van der Waals surface area (Å²) in [6.45, 7) is -0.361. The van der Waals surface area contributed by atoms with Crippen molar-refractivity contribution in [3.05, 3.63) is 58.8 Å². The molecule has 0 heterocycles. The summed E-state index contributed by atoms with van der Waals surface area (Å²) in [6.07, 6.45) is 0. The van der Waals surface area contributed by atoms with Crippen molar-refractivity contribution in [3.8, 4) is 11.5 Å². The van der Waals surface area contributed by atoms with E-state index in [4.69, 9.17) is 14.6 Å². The van der Waals surface area contributed by atoms with Gasteiger partial charge in [0, 0.05) is 10.8 Å². The number of aliphatic carboxylic acids is 1. The van der Waals surface area contributed by atoms with Gasteiger partial charge in [-0.15, -0.1) is 0 Å². The third kappa shape index (κ3) is 3.82. The van der Waals surface area contributed by atoms with E-state index in [1.807, 2.05) is 24.3 Å². The topological polar surface area (TPSA) is 72.8 Å².